The van der Waals surface area contributed by atoms with Crippen LogP contribution >= 0.6 is 27.3 Å². The molecule has 1 aliphatic rings. The molecule has 0 aliphatic carbocycles. The number of nitrogens with zero attached hydrogens (tertiary/aromatic N) is 1. The third-order valence-electron chi connectivity index (χ3n) is 2.26. The molecule has 2 rings (SSSR count). The number of sulfonamides is 1. The number of thiophene rings is 1. The van der Waals surface area contributed by atoms with E-state index in [2.05, 4.69) is 15.9 Å². The number of hydrogen-bond donors (Lipinski definition) is 1. The molecule has 15 heavy (non-hydrogen) atoms. The Bertz CT molecular complexity index is 457. The van der Waals surface area contributed by atoms with Crippen LogP contribution in [0.15, 0.2) is 14.1 Å². The number of β-amino-alcohol motifs (C(OH)–C–C–N with tert-alkyl or cyclic N) is 1. The maximum Gasteiger partial charge on any atom is 0.252 e. The van der Waals surface area contributed by atoms with Gasteiger partial charge in [0.25, 0.3) is 10.0 Å². The number of aryl methyl sites for hydroxylation is 1. The molecular weight excluding hydrogens is 302 g/mol. The Kier molecular flexibility index (Phi) is 2.93. The van der Waals surface area contributed by atoms with Gasteiger partial charge in [0.2, 0.25) is 0 Å². The topological polar surface area (TPSA) is 57.6 Å². The predicted molar refractivity (Wildman–Crippen MR) is 61.5 cm³/mol. The normalized spacial score (nSPS) is 19.1. The van der Waals surface area contributed by atoms with E-state index >= 15 is 0 Å². The summed E-state index contributed by atoms with van der Waals surface area (Å²) in [5, 5.41) is 9.08. The van der Waals surface area contributed by atoms with Crippen LogP contribution in [0.5, 0.6) is 0 Å². The first-order valence-corrected chi connectivity index (χ1v) is 7.40. The maximum atomic E-state index is 11.9. The smallest absolute Gasteiger partial charge is 0.252 e. The van der Waals surface area contributed by atoms with E-state index in [-0.39, 0.29) is 13.1 Å². The molecule has 0 aromatic carbocycles. The first kappa shape index (κ1) is 11.5. The lowest BCUT2D eigenvalue weighted by atomic mass is 10.2. The van der Waals surface area contributed by atoms with E-state index in [1.165, 1.54) is 15.6 Å². The number of halogens is 1. The van der Waals surface area contributed by atoms with Crippen molar-refractivity contribution in [3.05, 3.63) is 15.4 Å². The van der Waals surface area contributed by atoms with Gasteiger partial charge in [-0.15, -0.1) is 11.3 Å². The second-order valence-corrected chi connectivity index (χ2v) is 8.03. The van der Waals surface area contributed by atoms with Crippen LogP contribution in [0.3, 0.4) is 0 Å². The molecule has 0 radical (unpaired) electrons. The van der Waals surface area contributed by atoms with Gasteiger partial charge in [0, 0.05) is 13.1 Å². The van der Waals surface area contributed by atoms with Crippen LogP contribution in [0.2, 0.25) is 0 Å². The summed E-state index contributed by atoms with van der Waals surface area (Å²) in [7, 11) is -3.37. The Labute approximate surface area is 101 Å². The molecule has 1 N–H and O–H groups in total. The van der Waals surface area contributed by atoms with Gasteiger partial charge in [0.1, 0.15) is 4.21 Å². The third kappa shape index (κ3) is 1.99. The van der Waals surface area contributed by atoms with E-state index in [9.17, 15) is 8.42 Å². The average Bonchev–Trinajstić information content (AvgIpc) is 2.42. The lowest BCUT2D eigenvalue weighted by molar-refractivity contribution is 0.0549. The molecular formula is C8H10BrNO3S2. The highest BCUT2D eigenvalue weighted by Gasteiger charge is 2.36. The Morgan fingerprint density at radius 3 is 2.60 bits per heavy atom. The highest BCUT2D eigenvalue weighted by Crippen LogP contribution is 2.33. The largest absolute Gasteiger partial charge is 0.390 e. The number of aliphatic hydroxyl groups excluding tert-OH is 1. The van der Waals surface area contributed by atoms with E-state index in [0.29, 0.717) is 4.21 Å². The van der Waals surface area contributed by atoms with Crippen LogP contribution < -0.4 is 0 Å². The van der Waals surface area contributed by atoms with Crippen molar-refractivity contribution in [3.63, 3.8) is 0 Å². The second kappa shape index (κ2) is 3.81. The lowest BCUT2D eigenvalue weighted by Gasteiger charge is -2.34. The van der Waals surface area contributed by atoms with Crippen molar-refractivity contribution < 1.29 is 13.5 Å². The van der Waals surface area contributed by atoms with Crippen LogP contribution in [0.25, 0.3) is 0 Å². The molecule has 0 atom stereocenters. The van der Waals surface area contributed by atoms with Gasteiger partial charge in [-0.1, -0.05) is 0 Å². The summed E-state index contributed by atoms with van der Waals surface area (Å²) in [6.45, 7) is 2.26. The van der Waals surface area contributed by atoms with Gasteiger partial charge in [-0.2, -0.15) is 4.31 Å². The monoisotopic (exact) mass is 311 g/mol. The first-order chi connectivity index (χ1) is 6.91. The minimum absolute atomic E-state index is 0.205. The van der Waals surface area contributed by atoms with E-state index in [4.69, 9.17) is 5.11 Å². The van der Waals surface area contributed by atoms with Crippen molar-refractivity contribution >= 4 is 37.3 Å². The van der Waals surface area contributed by atoms with Crippen molar-refractivity contribution in [1.29, 1.82) is 0 Å². The lowest BCUT2D eigenvalue weighted by Crippen LogP contribution is -2.53. The molecule has 84 valence electrons. The van der Waals surface area contributed by atoms with Gasteiger partial charge in [0.05, 0.1) is 9.89 Å². The molecule has 7 heteroatoms. The van der Waals surface area contributed by atoms with Crippen molar-refractivity contribution in [1.82, 2.24) is 4.31 Å². The van der Waals surface area contributed by atoms with Gasteiger partial charge in [-0.05, 0) is 34.5 Å². The van der Waals surface area contributed by atoms with Gasteiger partial charge < -0.3 is 5.11 Å². The van der Waals surface area contributed by atoms with Gasteiger partial charge in [0.15, 0.2) is 0 Å². The Morgan fingerprint density at radius 2 is 2.20 bits per heavy atom. The summed E-state index contributed by atoms with van der Waals surface area (Å²) >= 11 is 4.50. The quantitative estimate of drug-likeness (QED) is 0.892. The Morgan fingerprint density at radius 1 is 1.60 bits per heavy atom. The SMILES string of the molecule is Cc1cc(S(=O)(=O)N2CC(O)C2)sc1Br. The highest BCUT2D eigenvalue weighted by atomic mass is 79.9. The fraction of sp³-hybridized carbons (Fsp3) is 0.500. The molecule has 1 aromatic rings. The van der Waals surface area contributed by atoms with Crippen LogP contribution in [-0.4, -0.2) is 37.0 Å². The molecule has 4 nitrogen and oxygen atoms in total. The molecule has 1 aliphatic heterocycles. The van der Waals surface area contributed by atoms with E-state index in [1.807, 2.05) is 6.92 Å². The predicted octanol–water partition coefficient (Wildman–Crippen LogP) is 1.18. The molecule has 0 saturated carbocycles. The van der Waals surface area contributed by atoms with Crippen molar-refractivity contribution in [2.75, 3.05) is 13.1 Å². The minimum atomic E-state index is -3.37. The van der Waals surface area contributed by atoms with Crippen molar-refractivity contribution in [2.45, 2.75) is 17.2 Å². The van der Waals surface area contributed by atoms with E-state index in [1.54, 1.807) is 6.07 Å². The van der Waals surface area contributed by atoms with Gasteiger partial charge in [-0.3, -0.25) is 0 Å². The third-order valence-corrected chi connectivity index (χ3v) is 6.67. The van der Waals surface area contributed by atoms with Crippen molar-refractivity contribution in [3.8, 4) is 0 Å². The number of hydrogen-bond acceptors (Lipinski definition) is 4. The fourth-order valence-corrected chi connectivity index (χ4v) is 5.19. The van der Waals surface area contributed by atoms with E-state index < -0.39 is 16.1 Å². The molecule has 0 bridgehead atoms. The molecule has 1 fully saturated rings. The zero-order valence-corrected chi connectivity index (χ0v) is 11.2. The van der Waals surface area contributed by atoms with Crippen molar-refractivity contribution in [2.24, 2.45) is 0 Å². The van der Waals surface area contributed by atoms with Gasteiger partial charge >= 0.3 is 0 Å². The second-order valence-electron chi connectivity index (χ2n) is 3.50. The molecule has 1 aromatic heterocycles. The number of aliphatic hydroxyl groups is 1. The van der Waals surface area contributed by atoms with Gasteiger partial charge in [-0.25, -0.2) is 8.42 Å². The maximum absolute atomic E-state index is 11.9. The first-order valence-electron chi connectivity index (χ1n) is 4.35. The zero-order valence-electron chi connectivity index (χ0n) is 7.97. The van der Waals surface area contributed by atoms with Crippen LogP contribution in [0.1, 0.15) is 5.56 Å². The van der Waals surface area contributed by atoms with Crippen LogP contribution in [-0.2, 0) is 10.0 Å². The standard InChI is InChI=1S/C8H10BrNO3S2/c1-5-2-7(14-8(5)9)15(12,13)10-3-6(11)4-10/h2,6,11H,3-4H2,1H3. The fourth-order valence-electron chi connectivity index (χ4n) is 1.30. The highest BCUT2D eigenvalue weighted by molar-refractivity contribution is 9.11. The number of rotatable bonds is 2. The molecule has 0 amide bonds. The Hall–Kier alpha value is 0.0500. The summed E-state index contributed by atoms with van der Waals surface area (Å²) in [4.78, 5) is 0. The summed E-state index contributed by atoms with van der Waals surface area (Å²) in [6.07, 6.45) is -0.510. The molecule has 0 unspecified atom stereocenters. The van der Waals surface area contributed by atoms with Crippen LogP contribution in [0.4, 0.5) is 0 Å². The minimum Gasteiger partial charge on any atom is -0.390 e. The Balaban J connectivity index is 2.30. The summed E-state index contributed by atoms with van der Waals surface area (Å²) < 4.78 is 26.3. The molecule has 2 heterocycles. The summed E-state index contributed by atoms with van der Waals surface area (Å²) in [6, 6.07) is 1.65. The zero-order chi connectivity index (χ0) is 11.2. The van der Waals surface area contributed by atoms with Crippen LogP contribution in [0, 0.1) is 6.92 Å². The molecule has 1 saturated heterocycles. The molecule has 0 spiro atoms. The average molecular weight is 312 g/mol. The summed E-state index contributed by atoms with van der Waals surface area (Å²) in [5.74, 6) is 0. The summed E-state index contributed by atoms with van der Waals surface area (Å²) in [5.41, 5.74) is 0.916. The van der Waals surface area contributed by atoms with E-state index in [0.717, 1.165) is 9.35 Å².